The highest BCUT2D eigenvalue weighted by Crippen LogP contribution is 2.16. The number of amides is 1. The number of pyridine rings is 1. The highest BCUT2D eigenvalue weighted by atomic mass is 16.5. The maximum absolute atomic E-state index is 12.2. The molecule has 8 heteroatoms. The maximum atomic E-state index is 12.2. The third kappa shape index (κ3) is 6.83. The molecule has 0 aliphatic rings. The van der Waals surface area contributed by atoms with E-state index in [2.05, 4.69) is 15.3 Å². The number of nitrogens with zero attached hydrogens (tertiary/aromatic N) is 2. The zero-order chi connectivity index (χ0) is 21.8. The van der Waals surface area contributed by atoms with E-state index in [1.54, 1.807) is 31.6 Å². The molecule has 0 atom stereocenters. The summed E-state index contributed by atoms with van der Waals surface area (Å²) in [6.45, 7) is 0. The molecule has 0 aliphatic carbocycles. The van der Waals surface area contributed by atoms with Crippen LogP contribution in [0.4, 0.5) is 5.69 Å². The topological polar surface area (TPSA) is 137 Å². The molecule has 1 heterocycles. The van der Waals surface area contributed by atoms with Crippen molar-refractivity contribution in [1.82, 2.24) is 4.98 Å². The van der Waals surface area contributed by atoms with E-state index in [-0.39, 0.29) is 5.91 Å². The normalized spacial score (nSPS) is 11.9. The van der Waals surface area contributed by atoms with E-state index in [1.807, 2.05) is 24.3 Å². The Bertz CT molecular complexity index is 977. The average Bonchev–Trinajstić information content (AvgIpc) is 2.76. The summed E-state index contributed by atoms with van der Waals surface area (Å²) in [5.41, 5.74) is 9.47. The van der Waals surface area contributed by atoms with Crippen LogP contribution in [0.25, 0.3) is 11.8 Å². The van der Waals surface area contributed by atoms with E-state index >= 15 is 0 Å². The number of nitrogens with two attached hydrogens (primary N) is 1. The Balaban J connectivity index is 1.98. The molecular weight excluding hydrogens is 380 g/mol. The number of aliphatic imine (C=N–C) groups is 1. The average molecular weight is 404 g/mol. The Morgan fingerprint density at radius 2 is 2.03 bits per heavy atom. The predicted octanol–water partition coefficient (Wildman–Crippen LogP) is 3.27. The SMILES string of the molecule is CN=C(CCc1ccc(NC(=O)/C=C/c2cnccc2C(N)=CC=N)cc1)OC=N. The lowest BCUT2D eigenvalue weighted by molar-refractivity contribution is -0.111. The van der Waals surface area contributed by atoms with Crippen molar-refractivity contribution in [3.05, 3.63) is 71.6 Å². The van der Waals surface area contributed by atoms with Gasteiger partial charge in [-0.25, -0.2) is 0 Å². The van der Waals surface area contributed by atoms with Crippen LogP contribution in [-0.4, -0.2) is 36.5 Å². The van der Waals surface area contributed by atoms with Gasteiger partial charge in [0.25, 0.3) is 0 Å². The fourth-order valence-electron chi connectivity index (χ4n) is 2.63. The quantitative estimate of drug-likeness (QED) is 0.289. The minimum Gasteiger partial charge on any atom is -0.432 e. The molecule has 0 bridgehead atoms. The summed E-state index contributed by atoms with van der Waals surface area (Å²) in [6, 6.07) is 9.20. The monoisotopic (exact) mass is 404 g/mol. The Morgan fingerprint density at radius 1 is 1.27 bits per heavy atom. The molecule has 154 valence electrons. The highest BCUT2D eigenvalue weighted by molar-refractivity contribution is 6.02. The fourth-order valence-corrected chi connectivity index (χ4v) is 2.63. The Morgan fingerprint density at radius 3 is 2.70 bits per heavy atom. The fraction of sp³-hybridized carbons (Fsp3) is 0.136. The molecule has 0 radical (unpaired) electrons. The summed E-state index contributed by atoms with van der Waals surface area (Å²) in [7, 11) is 1.62. The first-order valence-corrected chi connectivity index (χ1v) is 9.17. The Kier molecular flexibility index (Phi) is 8.67. The number of aromatic nitrogens is 1. The Labute approximate surface area is 175 Å². The van der Waals surface area contributed by atoms with Crippen LogP contribution >= 0.6 is 0 Å². The van der Waals surface area contributed by atoms with Gasteiger partial charge in [-0.3, -0.25) is 20.2 Å². The van der Waals surface area contributed by atoms with Crippen molar-refractivity contribution >= 4 is 41.9 Å². The van der Waals surface area contributed by atoms with Crippen molar-refractivity contribution in [1.29, 1.82) is 10.8 Å². The molecule has 0 saturated heterocycles. The molecule has 30 heavy (non-hydrogen) atoms. The molecule has 0 aliphatic heterocycles. The van der Waals surface area contributed by atoms with E-state index in [4.69, 9.17) is 21.3 Å². The van der Waals surface area contributed by atoms with Crippen LogP contribution in [0, 0.1) is 10.8 Å². The standard InChI is InChI=1S/C22H24N6O2/c1-26-22(30-15-24)9-4-16-2-6-18(7-3-16)28-21(29)8-5-17-14-27-13-11-19(17)20(25)10-12-23/h2-3,5-8,10-15,23-24H,4,9,25H2,1H3,(H,28,29)/b8-5+,20-10?,23-12?,24-15?,26-22?. The smallest absolute Gasteiger partial charge is 0.248 e. The summed E-state index contributed by atoms with van der Waals surface area (Å²) >= 11 is 0. The molecule has 0 saturated carbocycles. The number of nitrogens with one attached hydrogen (secondary N) is 3. The third-order valence-electron chi connectivity index (χ3n) is 4.13. The molecule has 0 unspecified atom stereocenters. The minimum absolute atomic E-state index is 0.285. The molecule has 8 nitrogen and oxygen atoms in total. The van der Waals surface area contributed by atoms with Crippen molar-refractivity contribution in [3.8, 4) is 0 Å². The van der Waals surface area contributed by atoms with Gasteiger partial charge >= 0.3 is 0 Å². The zero-order valence-corrected chi connectivity index (χ0v) is 16.6. The molecule has 1 amide bonds. The van der Waals surface area contributed by atoms with Gasteiger partial charge in [-0.05, 0) is 42.3 Å². The molecule has 2 aromatic rings. The highest BCUT2D eigenvalue weighted by Gasteiger charge is 2.04. The number of ether oxygens (including phenoxy) is 1. The largest absolute Gasteiger partial charge is 0.432 e. The van der Waals surface area contributed by atoms with E-state index < -0.39 is 0 Å². The number of anilines is 1. The van der Waals surface area contributed by atoms with E-state index in [0.29, 0.717) is 41.3 Å². The lowest BCUT2D eigenvalue weighted by atomic mass is 10.1. The van der Waals surface area contributed by atoms with Crippen molar-refractivity contribution in [3.63, 3.8) is 0 Å². The number of rotatable bonds is 9. The summed E-state index contributed by atoms with van der Waals surface area (Å²) in [6.07, 6.45) is 11.0. The lowest BCUT2D eigenvalue weighted by Gasteiger charge is -2.07. The first-order chi connectivity index (χ1) is 14.6. The number of carbonyl (C=O) groups excluding carboxylic acids is 1. The number of allylic oxidation sites excluding steroid dienone is 1. The predicted molar refractivity (Wildman–Crippen MR) is 121 cm³/mol. The van der Waals surface area contributed by atoms with Gasteiger partial charge in [0.2, 0.25) is 5.91 Å². The van der Waals surface area contributed by atoms with Crippen LogP contribution in [0.3, 0.4) is 0 Å². The second-order valence-corrected chi connectivity index (χ2v) is 6.12. The van der Waals surface area contributed by atoms with Gasteiger partial charge in [0.1, 0.15) is 0 Å². The molecule has 1 aromatic heterocycles. The van der Waals surface area contributed by atoms with Gasteiger partial charge in [0, 0.05) is 60.7 Å². The Hall–Kier alpha value is -4.07. The van der Waals surface area contributed by atoms with Crippen LogP contribution in [-0.2, 0) is 16.0 Å². The number of hydrogen-bond donors (Lipinski definition) is 4. The maximum Gasteiger partial charge on any atom is 0.248 e. The van der Waals surface area contributed by atoms with E-state index in [1.165, 1.54) is 12.2 Å². The van der Waals surface area contributed by atoms with Crippen LogP contribution in [0.15, 0.2) is 59.9 Å². The molecule has 2 rings (SSSR count). The number of benzene rings is 1. The van der Waals surface area contributed by atoms with Gasteiger partial charge in [-0.15, -0.1) is 0 Å². The van der Waals surface area contributed by atoms with Gasteiger partial charge < -0.3 is 21.2 Å². The van der Waals surface area contributed by atoms with Gasteiger partial charge in [-0.1, -0.05) is 12.1 Å². The molecule has 1 aromatic carbocycles. The van der Waals surface area contributed by atoms with Crippen molar-refractivity contribution in [2.45, 2.75) is 12.8 Å². The summed E-state index contributed by atoms with van der Waals surface area (Å²) < 4.78 is 4.99. The van der Waals surface area contributed by atoms with E-state index in [0.717, 1.165) is 18.2 Å². The summed E-state index contributed by atoms with van der Waals surface area (Å²) in [5, 5.41) is 16.9. The molecule has 0 fully saturated rings. The third-order valence-corrected chi connectivity index (χ3v) is 4.13. The minimum atomic E-state index is -0.285. The first kappa shape index (κ1) is 22.2. The molecule has 5 N–H and O–H groups in total. The van der Waals surface area contributed by atoms with E-state index in [9.17, 15) is 4.79 Å². The summed E-state index contributed by atoms with van der Waals surface area (Å²) in [4.78, 5) is 20.3. The van der Waals surface area contributed by atoms with Gasteiger partial charge in [-0.2, -0.15) is 0 Å². The van der Waals surface area contributed by atoms with Gasteiger partial charge in [0.15, 0.2) is 12.3 Å². The van der Waals surface area contributed by atoms with Crippen molar-refractivity contribution in [2.24, 2.45) is 10.7 Å². The van der Waals surface area contributed by atoms with Crippen molar-refractivity contribution < 1.29 is 9.53 Å². The number of hydrogen-bond acceptors (Lipinski definition) is 7. The number of carbonyl (C=O) groups is 1. The van der Waals surface area contributed by atoms with Crippen LogP contribution < -0.4 is 11.1 Å². The molecule has 0 spiro atoms. The van der Waals surface area contributed by atoms with Crippen LogP contribution in [0.2, 0.25) is 0 Å². The second-order valence-electron chi connectivity index (χ2n) is 6.12. The lowest BCUT2D eigenvalue weighted by Crippen LogP contribution is -2.08. The van der Waals surface area contributed by atoms with Crippen LogP contribution in [0.5, 0.6) is 0 Å². The zero-order valence-electron chi connectivity index (χ0n) is 16.6. The van der Waals surface area contributed by atoms with Crippen molar-refractivity contribution in [2.75, 3.05) is 12.4 Å². The first-order valence-electron chi connectivity index (χ1n) is 9.17. The molecular formula is C22H24N6O2. The van der Waals surface area contributed by atoms with Crippen LogP contribution in [0.1, 0.15) is 23.1 Å². The number of aryl methyl sites for hydroxylation is 1. The summed E-state index contributed by atoms with van der Waals surface area (Å²) in [5.74, 6) is 0.213. The van der Waals surface area contributed by atoms with Gasteiger partial charge in [0.05, 0.1) is 0 Å². The second kappa shape index (κ2) is 11.7.